The number of hydrogen-bond acceptors (Lipinski definition) is 2. The van der Waals surface area contributed by atoms with Gasteiger partial charge in [-0.1, -0.05) is 17.7 Å². The van der Waals surface area contributed by atoms with Crippen LogP contribution >= 0.6 is 27.5 Å². The number of anilines is 2. The Morgan fingerprint density at radius 1 is 1.08 bits per heavy atom. The molecule has 1 heterocycles. The van der Waals surface area contributed by atoms with Crippen molar-refractivity contribution < 1.29 is 0 Å². The Morgan fingerprint density at radius 3 is 2.75 bits per heavy atom. The van der Waals surface area contributed by atoms with Crippen LogP contribution in [-0.2, 0) is 12.8 Å². The highest BCUT2D eigenvalue weighted by Crippen LogP contribution is 2.37. The third kappa shape index (κ3) is 2.91. The minimum absolute atomic E-state index is 0.742. The lowest BCUT2D eigenvalue weighted by Gasteiger charge is -2.22. The molecule has 2 aromatic carbocycles. The Labute approximate surface area is 155 Å². The molecule has 1 aliphatic carbocycles. The fourth-order valence-electron chi connectivity index (χ4n) is 3.39. The van der Waals surface area contributed by atoms with Crippen molar-refractivity contribution in [3.63, 3.8) is 0 Å². The molecule has 0 saturated heterocycles. The molecule has 122 valence electrons. The quantitative estimate of drug-likeness (QED) is 0.524. The second-order valence-electron chi connectivity index (χ2n) is 6.39. The number of halogens is 2. The lowest BCUT2D eigenvalue weighted by molar-refractivity contribution is 0.672. The highest BCUT2D eigenvalue weighted by Gasteiger charge is 2.19. The topological polar surface area (TPSA) is 24.9 Å². The molecule has 0 aliphatic heterocycles. The minimum atomic E-state index is 0.742. The van der Waals surface area contributed by atoms with Gasteiger partial charge in [0.1, 0.15) is 0 Å². The highest BCUT2D eigenvalue weighted by atomic mass is 79.9. The van der Waals surface area contributed by atoms with Crippen molar-refractivity contribution >= 4 is 49.8 Å². The van der Waals surface area contributed by atoms with Crippen molar-refractivity contribution in [2.75, 3.05) is 5.32 Å². The van der Waals surface area contributed by atoms with Gasteiger partial charge in [-0.05, 0) is 90.0 Å². The maximum Gasteiger partial charge on any atom is 0.0727 e. The van der Waals surface area contributed by atoms with Gasteiger partial charge in [0.15, 0.2) is 0 Å². The van der Waals surface area contributed by atoms with Crippen molar-refractivity contribution in [1.29, 1.82) is 0 Å². The summed E-state index contributed by atoms with van der Waals surface area (Å²) in [6.45, 7) is 2.10. The van der Waals surface area contributed by atoms with E-state index in [1.807, 2.05) is 18.2 Å². The van der Waals surface area contributed by atoms with Crippen molar-refractivity contribution in [3.8, 4) is 0 Å². The van der Waals surface area contributed by atoms with Gasteiger partial charge in [-0.25, -0.2) is 0 Å². The zero-order chi connectivity index (χ0) is 16.7. The number of aromatic nitrogens is 1. The largest absolute Gasteiger partial charge is 0.354 e. The number of pyridine rings is 1. The first-order chi connectivity index (χ1) is 11.6. The summed E-state index contributed by atoms with van der Waals surface area (Å²) in [4.78, 5) is 4.89. The lowest BCUT2D eigenvalue weighted by atomic mass is 9.92. The van der Waals surface area contributed by atoms with E-state index in [4.69, 9.17) is 16.6 Å². The minimum Gasteiger partial charge on any atom is -0.354 e. The van der Waals surface area contributed by atoms with E-state index >= 15 is 0 Å². The summed E-state index contributed by atoms with van der Waals surface area (Å²) >= 11 is 9.94. The van der Waals surface area contributed by atoms with Crippen LogP contribution in [0.4, 0.5) is 11.4 Å². The molecule has 24 heavy (non-hydrogen) atoms. The van der Waals surface area contributed by atoms with Gasteiger partial charge in [-0.2, -0.15) is 0 Å². The Kier molecular flexibility index (Phi) is 4.23. The number of fused-ring (bicyclic) bond motifs is 2. The van der Waals surface area contributed by atoms with E-state index in [0.717, 1.165) is 44.6 Å². The summed E-state index contributed by atoms with van der Waals surface area (Å²) in [5.41, 5.74) is 7.02. The standard InChI is InChI=1S/C20H18BrClN2/c1-12-6-8-19(16(21)10-12)24-20-14-4-2-3-5-17(14)23-18-9-7-13(22)11-15(18)20/h6-11H,2-5H2,1H3,(H,23,24). The molecule has 0 amide bonds. The van der Waals surface area contributed by atoms with E-state index in [1.54, 1.807) is 0 Å². The fourth-order valence-corrected chi connectivity index (χ4v) is 4.16. The Hall–Kier alpha value is -1.58. The average Bonchev–Trinajstić information content (AvgIpc) is 2.57. The zero-order valence-electron chi connectivity index (χ0n) is 13.5. The first-order valence-electron chi connectivity index (χ1n) is 8.26. The van der Waals surface area contributed by atoms with Crippen LogP contribution in [0.25, 0.3) is 10.9 Å². The lowest BCUT2D eigenvalue weighted by Crippen LogP contribution is -2.09. The van der Waals surface area contributed by atoms with Crippen LogP contribution in [-0.4, -0.2) is 4.98 Å². The van der Waals surface area contributed by atoms with E-state index < -0.39 is 0 Å². The van der Waals surface area contributed by atoms with E-state index in [2.05, 4.69) is 46.4 Å². The summed E-state index contributed by atoms with van der Waals surface area (Å²) < 4.78 is 1.07. The van der Waals surface area contributed by atoms with Gasteiger partial charge in [-0.3, -0.25) is 4.98 Å². The molecule has 1 N–H and O–H groups in total. The average molecular weight is 402 g/mol. The number of hydrogen-bond donors (Lipinski definition) is 1. The van der Waals surface area contributed by atoms with Gasteiger partial charge < -0.3 is 5.32 Å². The summed E-state index contributed by atoms with van der Waals surface area (Å²) in [5.74, 6) is 0. The second kappa shape index (κ2) is 6.38. The molecular weight excluding hydrogens is 384 g/mol. The van der Waals surface area contributed by atoms with Crippen molar-refractivity contribution in [2.24, 2.45) is 0 Å². The van der Waals surface area contributed by atoms with Crippen molar-refractivity contribution in [2.45, 2.75) is 32.6 Å². The SMILES string of the molecule is Cc1ccc(Nc2c3c(nc4ccc(Cl)cc24)CCCC3)c(Br)c1. The summed E-state index contributed by atoms with van der Waals surface area (Å²) in [6.07, 6.45) is 4.55. The van der Waals surface area contributed by atoms with Crippen LogP contribution in [0.15, 0.2) is 40.9 Å². The van der Waals surface area contributed by atoms with Gasteiger partial charge in [0.05, 0.1) is 16.9 Å². The molecule has 1 aromatic heterocycles. The predicted octanol–water partition coefficient (Wildman–Crippen LogP) is 6.58. The number of nitrogens with one attached hydrogen (secondary N) is 1. The smallest absolute Gasteiger partial charge is 0.0727 e. The Bertz CT molecular complexity index is 937. The molecule has 3 aromatic rings. The van der Waals surface area contributed by atoms with Crippen molar-refractivity contribution in [3.05, 3.63) is 62.7 Å². The maximum atomic E-state index is 6.26. The molecule has 0 bridgehead atoms. The monoisotopic (exact) mass is 400 g/mol. The molecule has 4 heteroatoms. The first-order valence-corrected chi connectivity index (χ1v) is 9.43. The summed E-state index contributed by atoms with van der Waals surface area (Å²) in [5, 5.41) is 5.49. The zero-order valence-corrected chi connectivity index (χ0v) is 15.8. The Morgan fingerprint density at radius 2 is 1.92 bits per heavy atom. The molecule has 0 unspecified atom stereocenters. The molecule has 0 radical (unpaired) electrons. The number of rotatable bonds is 2. The van der Waals surface area contributed by atoms with Gasteiger partial charge in [0.25, 0.3) is 0 Å². The molecule has 0 saturated carbocycles. The predicted molar refractivity (Wildman–Crippen MR) is 106 cm³/mol. The van der Waals surface area contributed by atoms with Gasteiger partial charge >= 0.3 is 0 Å². The van der Waals surface area contributed by atoms with Crippen LogP contribution in [0.1, 0.15) is 29.7 Å². The maximum absolute atomic E-state index is 6.26. The molecule has 2 nitrogen and oxygen atoms in total. The van der Waals surface area contributed by atoms with E-state index in [9.17, 15) is 0 Å². The van der Waals surface area contributed by atoms with Crippen LogP contribution in [0.3, 0.4) is 0 Å². The fraction of sp³-hybridized carbons (Fsp3) is 0.250. The van der Waals surface area contributed by atoms with E-state index in [0.29, 0.717) is 0 Å². The number of benzene rings is 2. The van der Waals surface area contributed by atoms with E-state index in [1.165, 1.54) is 29.7 Å². The molecule has 1 aliphatic rings. The van der Waals surface area contributed by atoms with Gasteiger partial charge in [-0.15, -0.1) is 0 Å². The first kappa shape index (κ1) is 15.9. The molecule has 0 spiro atoms. The Balaban J connectivity index is 1.92. The number of aryl methyl sites for hydroxylation is 2. The molecule has 0 atom stereocenters. The van der Waals surface area contributed by atoms with Gasteiger partial charge in [0.2, 0.25) is 0 Å². The van der Waals surface area contributed by atoms with Crippen LogP contribution in [0, 0.1) is 6.92 Å². The third-order valence-electron chi connectivity index (χ3n) is 4.61. The summed E-state index contributed by atoms with van der Waals surface area (Å²) in [7, 11) is 0. The number of nitrogens with zero attached hydrogens (tertiary/aromatic N) is 1. The van der Waals surface area contributed by atoms with Crippen molar-refractivity contribution in [1.82, 2.24) is 4.98 Å². The van der Waals surface area contributed by atoms with Crippen LogP contribution in [0.5, 0.6) is 0 Å². The molecule has 0 fully saturated rings. The molecule has 4 rings (SSSR count). The highest BCUT2D eigenvalue weighted by molar-refractivity contribution is 9.10. The van der Waals surface area contributed by atoms with Crippen LogP contribution < -0.4 is 5.32 Å². The van der Waals surface area contributed by atoms with E-state index in [-0.39, 0.29) is 0 Å². The summed E-state index contributed by atoms with van der Waals surface area (Å²) in [6, 6.07) is 12.3. The molecular formula is C20H18BrClN2. The van der Waals surface area contributed by atoms with Gasteiger partial charge in [0, 0.05) is 20.6 Å². The normalized spacial score (nSPS) is 13.8. The third-order valence-corrected chi connectivity index (χ3v) is 5.50. The van der Waals surface area contributed by atoms with Crippen LogP contribution in [0.2, 0.25) is 5.02 Å². The second-order valence-corrected chi connectivity index (χ2v) is 7.68.